The Kier molecular flexibility index (Phi) is 5.27. The highest BCUT2D eigenvalue weighted by molar-refractivity contribution is 6.15. The Morgan fingerprint density at radius 1 is 1.16 bits per heavy atom. The van der Waals surface area contributed by atoms with Gasteiger partial charge in [0.15, 0.2) is 11.6 Å². The van der Waals surface area contributed by atoms with Crippen LogP contribution in [0.4, 0.5) is 18.9 Å². The maximum atomic E-state index is 13.0. The number of nitrogens with zero attached hydrogens (tertiary/aromatic N) is 5. The summed E-state index contributed by atoms with van der Waals surface area (Å²) in [5, 5.41) is 22.9. The van der Waals surface area contributed by atoms with Gasteiger partial charge in [-0.1, -0.05) is 19.1 Å². The molecular formula is C20H17F3N6O2. The van der Waals surface area contributed by atoms with E-state index in [0.717, 1.165) is 12.1 Å². The number of benzene rings is 2. The zero-order valence-electron chi connectivity index (χ0n) is 16.3. The smallest absolute Gasteiger partial charge is 0.310 e. The molecule has 0 amide bonds. The van der Waals surface area contributed by atoms with Gasteiger partial charge in [-0.15, -0.1) is 10.2 Å². The molecule has 11 heteroatoms. The van der Waals surface area contributed by atoms with Crippen molar-refractivity contribution in [2.75, 3.05) is 6.54 Å². The number of alkyl halides is 3. The van der Waals surface area contributed by atoms with Crippen molar-refractivity contribution < 1.29 is 18.1 Å². The zero-order chi connectivity index (χ0) is 22.2. The summed E-state index contributed by atoms with van der Waals surface area (Å²) in [6.07, 6.45) is -4.46. The summed E-state index contributed by atoms with van der Waals surface area (Å²) in [5.74, 6) is 1.14. The van der Waals surface area contributed by atoms with Crippen LogP contribution in [-0.4, -0.2) is 31.9 Å². The van der Waals surface area contributed by atoms with E-state index in [2.05, 4.69) is 20.5 Å². The third-order valence-corrected chi connectivity index (χ3v) is 4.88. The van der Waals surface area contributed by atoms with Gasteiger partial charge in [0, 0.05) is 23.3 Å². The van der Waals surface area contributed by atoms with E-state index >= 15 is 0 Å². The van der Waals surface area contributed by atoms with Crippen molar-refractivity contribution in [3.05, 3.63) is 80.9 Å². The first-order valence-corrected chi connectivity index (χ1v) is 9.44. The summed E-state index contributed by atoms with van der Waals surface area (Å²) >= 11 is 0. The van der Waals surface area contributed by atoms with Crippen molar-refractivity contribution in [3.63, 3.8) is 0 Å². The normalized spacial score (nSPS) is 13.2. The van der Waals surface area contributed by atoms with Crippen LogP contribution in [0.2, 0.25) is 0 Å². The fourth-order valence-corrected chi connectivity index (χ4v) is 3.41. The molecule has 2 aromatic carbocycles. The second kappa shape index (κ2) is 7.91. The number of nitrogens with one attached hydrogen (secondary N) is 1. The highest BCUT2D eigenvalue weighted by Crippen LogP contribution is 2.32. The fourth-order valence-electron chi connectivity index (χ4n) is 3.41. The lowest BCUT2D eigenvalue weighted by Gasteiger charge is -2.14. The van der Waals surface area contributed by atoms with Crippen molar-refractivity contribution in [1.29, 1.82) is 0 Å². The highest BCUT2D eigenvalue weighted by Gasteiger charge is 2.31. The van der Waals surface area contributed by atoms with Crippen molar-refractivity contribution in [2.45, 2.75) is 26.2 Å². The van der Waals surface area contributed by atoms with E-state index in [4.69, 9.17) is 0 Å². The van der Waals surface area contributed by atoms with Crippen molar-refractivity contribution in [3.8, 4) is 5.69 Å². The van der Waals surface area contributed by atoms with Gasteiger partial charge in [0.1, 0.15) is 6.54 Å². The monoisotopic (exact) mass is 430 g/mol. The number of nitro groups is 1. The van der Waals surface area contributed by atoms with Gasteiger partial charge in [-0.3, -0.25) is 19.7 Å². The summed E-state index contributed by atoms with van der Waals surface area (Å²) in [6.45, 7) is 3.21. The van der Waals surface area contributed by atoms with Gasteiger partial charge in [-0.25, -0.2) is 0 Å². The molecule has 0 aliphatic carbocycles. The van der Waals surface area contributed by atoms with E-state index in [9.17, 15) is 23.3 Å². The maximum absolute atomic E-state index is 13.0. The number of hydrogen-bond donors (Lipinski definition) is 1. The number of hydrogen-bond acceptors (Lipinski definition) is 6. The molecule has 4 rings (SSSR count). The Morgan fingerprint density at radius 3 is 2.55 bits per heavy atom. The highest BCUT2D eigenvalue weighted by atomic mass is 19.4. The van der Waals surface area contributed by atoms with Crippen LogP contribution in [0.3, 0.4) is 0 Å². The Hall–Kier alpha value is -3.60. The fraction of sp³-hybridized carbons (Fsp3) is 0.250. The molecule has 8 nitrogen and oxygen atoms in total. The quantitative estimate of drug-likeness (QED) is 0.492. The van der Waals surface area contributed by atoms with Gasteiger partial charge in [-0.2, -0.15) is 13.2 Å². The summed E-state index contributed by atoms with van der Waals surface area (Å²) in [7, 11) is 0. The first-order valence-electron chi connectivity index (χ1n) is 9.44. The van der Waals surface area contributed by atoms with Gasteiger partial charge < -0.3 is 5.32 Å². The third-order valence-electron chi connectivity index (χ3n) is 4.88. The molecule has 0 bridgehead atoms. The Labute approximate surface area is 174 Å². The van der Waals surface area contributed by atoms with E-state index in [1.165, 1.54) is 24.3 Å². The molecule has 0 unspecified atom stereocenters. The van der Waals surface area contributed by atoms with Crippen molar-refractivity contribution >= 4 is 11.4 Å². The summed E-state index contributed by atoms with van der Waals surface area (Å²) in [6, 6.07) is 8.90. The summed E-state index contributed by atoms with van der Waals surface area (Å²) < 4.78 is 40.7. The molecular weight excluding hydrogens is 413 g/mol. The molecule has 160 valence electrons. The molecule has 1 aliphatic rings. The number of fused-ring (bicyclic) bond motifs is 3. The van der Waals surface area contributed by atoms with Crippen molar-refractivity contribution in [2.24, 2.45) is 4.99 Å². The lowest BCUT2D eigenvalue weighted by Crippen LogP contribution is -2.17. The molecule has 1 aliphatic heterocycles. The van der Waals surface area contributed by atoms with Crippen LogP contribution in [0.15, 0.2) is 47.5 Å². The van der Waals surface area contributed by atoms with Crippen LogP contribution in [0.1, 0.15) is 35.3 Å². The van der Waals surface area contributed by atoms with E-state index in [1.54, 1.807) is 10.6 Å². The maximum Gasteiger partial charge on any atom is 0.416 e. The predicted molar refractivity (Wildman–Crippen MR) is 106 cm³/mol. The first-order chi connectivity index (χ1) is 14.8. The van der Waals surface area contributed by atoms with Gasteiger partial charge in [-0.05, 0) is 24.7 Å². The van der Waals surface area contributed by atoms with Crippen LogP contribution < -0.4 is 5.32 Å². The lowest BCUT2D eigenvalue weighted by molar-refractivity contribution is -0.384. The van der Waals surface area contributed by atoms with E-state index < -0.39 is 16.7 Å². The second-order valence-electron chi connectivity index (χ2n) is 6.85. The molecule has 0 atom stereocenters. The van der Waals surface area contributed by atoms with Gasteiger partial charge in [0.05, 0.1) is 28.4 Å². The Balaban J connectivity index is 1.87. The van der Waals surface area contributed by atoms with Gasteiger partial charge in [0.25, 0.3) is 5.69 Å². The van der Waals surface area contributed by atoms with Crippen LogP contribution in [0.25, 0.3) is 5.69 Å². The average Bonchev–Trinajstić information content (AvgIpc) is 3.06. The van der Waals surface area contributed by atoms with Crippen LogP contribution in [0.5, 0.6) is 0 Å². The molecule has 1 N–H and O–H groups in total. The average molecular weight is 430 g/mol. The van der Waals surface area contributed by atoms with Crippen LogP contribution in [-0.2, 0) is 19.3 Å². The zero-order valence-corrected chi connectivity index (χ0v) is 16.3. The lowest BCUT2D eigenvalue weighted by atomic mass is 9.98. The number of non-ortho nitro benzene ring substituents is 1. The number of halogens is 3. The van der Waals surface area contributed by atoms with Gasteiger partial charge >= 0.3 is 6.18 Å². The summed E-state index contributed by atoms with van der Waals surface area (Å²) in [4.78, 5) is 15.4. The minimum Gasteiger partial charge on any atom is -0.310 e. The molecule has 0 saturated heterocycles. The molecule has 31 heavy (non-hydrogen) atoms. The molecule has 0 spiro atoms. The molecule has 0 saturated carbocycles. The van der Waals surface area contributed by atoms with E-state index in [1.807, 2.05) is 6.92 Å². The predicted octanol–water partition coefficient (Wildman–Crippen LogP) is 3.65. The van der Waals surface area contributed by atoms with Crippen LogP contribution in [0, 0.1) is 10.1 Å². The number of rotatable bonds is 5. The third kappa shape index (κ3) is 3.91. The minimum absolute atomic E-state index is 0.123. The largest absolute Gasteiger partial charge is 0.416 e. The molecule has 2 heterocycles. The summed E-state index contributed by atoms with van der Waals surface area (Å²) in [5.41, 5.74) is 0.840. The van der Waals surface area contributed by atoms with Crippen LogP contribution >= 0.6 is 0 Å². The number of aliphatic imine (C=N–C) groups is 1. The Bertz CT molecular complexity index is 1170. The molecule has 0 radical (unpaired) electrons. The SMILES string of the molecule is CCNCc1nnc2n1-c1ccc([N+](=O)[O-])cc1C(c1ccc(C(F)(F)F)cc1)=NC2. The van der Waals surface area contributed by atoms with E-state index in [0.29, 0.717) is 47.3 Å². The standard InChI is InChI=1S/C20H17F3N6O2/c1-2-24-10-17-26-27-18-11-25-19(12-3-5-13(6-4-12)20(21,22)23)15-9-14(29(30)31)7-8-16(15)28(17)18/h3-9,24H,2,10-11H2,1H3. The number of aromatic nitrogens is 3. The topological polar surface area (TPSA) is 98.2 Å². The molecule has 0 fully saturated rings. The molecule has 3 aromatic rings. The number of nitro benzene ring substituents is 1. The Morgan fingerprint density at radius 2 is 1.90 bits per heavy atom. The first kappa shape index (κ1) is 20.7. The second-order valence-corrected chi connectivity index (χ2v) is 6.85. The van der Waals surface area contributed by atoms with E-state index in [-0.39, 0.29) is 12.2 Å². The molecule has 1 aromatic heterocycles. The van der Waals surface area contributed by atoms with Gasteiger partial charge in [0.2, 0.25) is 0 Å². The van der Waals surface area contributed by atoms with Crippen molar-refractivity contribution in [1.82, 2.24) is 20.1 Å². The minimum atomic E-state index is -4.46.